The van der Waals surface area contributed by atoms with Crippen molar-refractivity contribution in [1.82, 2.24) is 4.98 Å². The third-order valence-electron chi connectivity index (χ3n) is 1.61. The summed E-state index contributed by atoms with van der Waals surface area (Å²) in [5, 5.41) is 0. The van der Waals surface area contributed by atoms with Crippen molar-refractivity contribution in [2.24, 2.45) is 5.92 Å². The predicted octanol–water partition coefficient (Wildman–Crippen LogP) is 3.06. The molecule has 1 heterocycles. The Hall–Kier alpha value is -0.422. The van der Waals surface area contributed by atoms with Gasteiger partial charge < -0.3 is 0 Å². The van der Waals surface area contributed by atoms with Crippen LogP contribution in [0.3, 0.4) is 0 Å². The Morgan fingerprint density at radius 3 is 2.46 bits per heavy atom. The van der Waals surface area contributed by atoms with Gasteiger partial charge in [0.1, 0.15) is 0 Å². The van der Waals surface area contributed by atoms with E-state index < -0.39 is 0 Å². The summed E-state index contributed by atoms with van der Waals surface area (Å²) < 4.78 is 0. The molecule has 0 N–H and O–H groups in total. The fourth-order valence-corrected chi connectivity index (χ4v) is 0.881. The predicted molar refractivity (Wildman–Crippen MR) is 52.8 cm³/mol. The summed E-state index contributed by atoms with van der Waals surface area (Å²) in [6, 6.07) is 4.11. The second kappa shape index (κ2) is 6.10. The van der Waals surface area contributed by atoms with E-state index in [1.165, 1.54) is 5.56 Å². The number of hydrogen-bond acceptors (Lipinski definition) is 1. The van der Waals surface area contributed by atoms with Crippen LogP contribution >= 0.6 is 0 Å². The van der Waals surface area contributed by atoms with Gasteiger partial charge in [-0.2, -0.15) is 0 Å². The Kier molecular flexibility index (Phi) is 5.90. The van der Waals surface area contributed by atoms with E-state index in [1.807, 2.05) is 19.2 Å². The Labute approximate surface area is 94.5 Å². The van der Waals surface area contributed by atoms with Crippen LogP contribution in [0.4, 0.5) is 0 Å². The Bertz CT molecular complexity index is 262. The van der Waals surface area contributed by atoms with Gasteiger partial charge in [-0.05, 0) is 24.5 Å². The summed E-state index contributed by atoms with van der Waals surface area (Å²) in [5.74, 6) is 0.603. The summed E-state index contributed by atoms with van der Waals surface area (Å²) in [7, 11) is 0. The first kappa shape index (κ1) is 12.6. The van der Waals surface area contributed by atoms with Gasteiger partial charge in [-0.3, -0.25) is 4.98 Å². The van der Waals surface area contributed by atoms with E-state index in [0.29, 0.717) is 5.92 Å². The zero-order valence-electron chi connectivity index (χ0n) is 8.32. The second-order valence-corrected chi connectivity index (χ2v) is 3.34. The smallest absolute Gasteiger partial charge is 0.0373 e. The van der Waals surface area contributed by atoms with Crippen LogP contribution in [0.2, 0.25) is 0 Å². The van der Waals surface area contributed by atoms with Gasteiger partial charge in [0.15, 0.2) is 0 Å². The molecule has 1 aromatic heterocycles. The molecule has 70 valence electrons. The van der Waals surface area contributed by atoms with Crippen molar-refractivity contribution in [3.05, 3.63) is 35.7 Å². The van der Waals surface area contributed by atoms with Crippen molar-refractivity contribution in [1.29, 1.82) is 0 Å². The summed E-state index contributed by atoms with van der Waals surface area (Å²) in [4.78, 5) is 4.21. The molecule has 0 unspecified atom stereocenters. The molecule has 0 radical (unpaired) electrons. The first-order valence-corrected chi connectivity index (χ1v) is 4.29. The van der Waals surface area contributed by atoms with Crippen LogP contribution in [0, 0.1) is 12.8 Å². The molecule has 0 amide bonds. The molecule has 1 rings (SSSR count). The quantitative estimate of drug-likeness (QED) is 0.803. The van der Waals surface area contributed by atoms with Crippen LogP contribution in [0.15, 0.2) is 24.4 Å². The molecular formula is C11H15NW. The van der Waals surface area contributed by atoms with Gasteiger partial charge in [0.25, 0.3) is 0 Å². The maximum absolute atomic E-state index is 4.21. The molecule has 1 nitrogen and oxygen atoms in total. The van der Waals surface area contributed by atoms with E-state index in [0.717, 1.165) is 5.69 Å². The minimum absolute atomic E-state index is 0. The fourth-order valence-electron chi connectivity index (χ4n) is 0.881. The fraction of sp³-hybridized carbons (Fsp3) is 0.364. The minimum atomic E-state index is 0. The number of pyridine rings is 1. The van der Waals surface area contributed by atoms with Crippen LogP contribution < -0.4 is 0 Å². The number of hydrogen-bond donors (Lipinski definition) is 0. The second-order valence-electron chi connectivity index (χ2n) is 3.34. The first-order chi connectivity index (χ1) is 5.68. The SMILES string of the molecule is Cc1ccc(/C=C/C(C)C)cn1.[W]. The van der Waals surface area contributed by atoms with Gasteiger partial charge in [0, 0.05) is 33.0 Å². The zero-order valence-corrected chi connectivity index (χ0v) is 11.3. The number of nitrogens with zero attached hydrogens (tertiary/aromatic N) is 1. The van der Waals surface area contributed by atoms with Crippen molar-refractivity contribution in [2.75, 3.05) is 0 Å². The van der Waals surface area contributed by atoms with Crippen LogP contribution in [0.25, 0.3) is 6.08 Å². The molecule has 0 aliphatic heterocycles. The van der Waals surface area contributed by atoms with Gasteiger partial charge in [-0.1, -0.05) is 32.1 Å². The van der Waals surface area contributed by atoms with Crippen LogP contribution in [-0.4, -0.2) is 4.98 Å². The number of allylic oxidation sites excluding steroid dienone is 1. The minimum Gasteiger partial charge on any atom is -0.261 e. The van der Waals surface area contributed by atoms with Gasteiger partial charge >= 0.3 is 0 Å². The van der Waals surface area contributed by atoms with Crippen molar-refractivity contribution in [3.63, 3.8) is 0 Å². The molecule has 0 aromatic carbocycles. The number of rotatable bonds is 2. The molecular weight excluding hydrogens is 330 g/mol. The monoisotopic (exact) mass is 345 g/mol. The Morgan fingerprint density at radius 2 is 2.00 bits per heavy atom. The van der Waals surface area contributed by atoms with Crippen LogP contribution in [0.5, 0.6) is 0 Å². The van der Waals surface area contributed by atoms with E-state index in [-0.39, 0.29) is 21.1 Å². The Balaban J connectivity index is 0.00000144. The van der Waals surface area contributed by atoms with Crippen molar-refractivity contribution in [3.8, 4) is 0 Å². The normalized spacial score (nSPS) is 10.5. The molecule has 1 aromatic rings. The number of aromatic nitrogens is 1. The number of aryl methyl sites for hydroxylation is 1. The van der Waals surface area contributed by atoms with Gasteiger partial charge in [0.05, 0.1) is 0 Å². The van der Waals surface area contributed by atoms with Crippen LogP contribution in [-0.2, 0) is 21.1 Å². The maximum atomic E-state index is 4.21. The van der Waals surface area contributed by atoms with Crippen molar-refractivity contribution in [2.45, 2.75) is 20.8 Å². The molecule has 13 heavy (non-hydrogen) atoms. The van der Waals surface area contributed by atoms with E-state index in [4.69, 9.17) is 0 Å². The third kappa shape index (κ3) is 5.00. The molecule has 2 heteroatoms. The standard InChI is InChI=1S/C11H15N.W/c1-9(2)4-6-11-7-5-10(3)12-8-11;/h4-9H,1-3H3;/b6-4+;. The van der Waals surface area contributed by atoms with Crippen molar-refractivity contribution < 1.29 is 21.1 Å². The molecule has 0 aliphatic carbocycles. The molecule has 0 fully saturated rings. The summed E-state index contributed by atoms with van der Waals surface area (Å²) in [5.41, 5.74) is 2.24. The topological polar surface area (TPSA) is 12.9 Å². The first-order valence-electron chi connectivity index (χ1n) is 4.29. The average Bonchev–Trinajstić information content (AvgIpc) is 2.03. The van der Waals surface area contributed by atoms with Gasteiger partial charge in [-0.25, -0.2) is 0 Å². The molecule has 0 atom stereocenters. The average molecular weight is 345 g/mol. The van der Waals surface area contributed by atoms with Crippen LogP contribution in [0.1, 0.15) is 25.1 Å². The van der Waals surface area contributed by atoms with E-state index in [2.05, 4.69) is 37.0 Å². The molecule has 0 saturated carbocycles. The zero-order chi connectivity index (χ0) is 8.97. The molecule has 0 saturated heterocycles. The van der Waals surface area contributed by atoms with Crippen molar-refractivity contribution >= 4 is 6.08 Å². The third-order valence-corrected chi connectivity index (χ3v) is 1.61. The van der Waals surface area contributed by atoms with Gasteiger partial charge in [-0.15, -0.1) is 0 Å². The summed E-state index contributed by atoms with van der Waals surface area (Å²) >= 11 is 0. The van der Waals surface area contributed by atoms with Gasteiger partial charge in [0.2, 0.25) is 0 Å². The Morgan fingerprint density at radius 1 is 1.31 bits per heavy atom. The maximum Gasteiger partial charge on any atom is 0.0373 e. The largest absolute Gasteiger partial charge is 0.261 e. The molecule has 0 aliphatic rings. The van der Waals surface area contributed by atoms with E-state index >= 15 is 0 Å². The van der Waals surface area contributed by atoms with E-state index in [9.17, 15) is 0 Å². The molecule has 0 spiro atoms. The molecule has 0 bridgehead atoms. The summed E-state index contributed by atoms with van der Waals surface area (Å²) in [6.07, 6.45) is 6.18. The van der Waals surface area contributed by atoms with E-state index in [1.54, 1.807) is 0 Å². The summed E-state index contributed by atoms with van der Waals surface area (Å²) in [6.45, 7) is 6.33.